The van der Waals surface area contributed by atoms with Crippen LogP contribution in [0.3, 0.4) is 0 Å². The molecule has 1 aromatic heterocycles. The van der Waals surface area contributed by atoms with Crippen LogP contribution < -0.4 is 0 Å². The molecule has 1 aromatic carbocycles. The predicted molar refractivity (Wildman–Crippen MR) is 99.3 cm³/mol. The number of aromatic nitrogens is 2. The Hall–Kier alpha value is -2.42. The Bertz CT molecular complexity index is 942. The molecule has 0 saturated carbocycles. The van der Waals surface area contributed by atoms with Gasteiger partial charge >= 0.3 is 12.1 Å². The molecule has 28 heavy (non-hydrogen) atoms. The third kappa shape index (κ3) is 4.52. The van der Waals surface area contributed by atoms with Crippen LogP contribution in [0.15, 0.2) is 40.8 Å². The molecule has 0 aliphatic heterocycles. The molecule has 0 amide bonds. The molecular formula is C19H18F3N3O2S. The summed E-state index contributed by atoms with van der Waals surface area (Å²) in [6.07, 6.45) is 0.222. The second-order valence-electron chi connectivity index (χ2n) is 7.23. The summed E-state index contributed by atoms with van der Waals surface area (Å²) in [5, 5.41) is 4.58. The number of hydrogen-bond acceptors (Lipinski definition) is 6. The van der Waals surface area contributed by atoms with E-state index in [1.54, 1.807) is 6.20 Å². The fraction of sp³-hybridized carbons (Fsp3) is 0.368. The molecule has 5 nitrogen and oxygen atoms in total. The van der Waals surface area contributed by atoms with Crippen LogP contribution in [0.4, 0.5) is 13.2 Å². The van der Waals surface area contributed by atoms with Gasteiger partial charge in [-0.15, -0.1) is 0 Å². The van der Waals surface area contributed by atoms with Crippen molar-refractivity contribution < 1.29 is 22.8 Å². The van der Waals surface area contributed by atoms with Gasteiger partial charge in [0.2, 0.25) is 0 Å². The van der Waals surface area contributed by atoms with Gasteiger partial charge in [0.25, 0.3) is 0 Å². The zero-order valence-corrected chi connectivity index (χ0v) is 16.3. The highest BCUT2D eigenvalue weighted by Gasteiger charge is 2.33. The number of alkyl halides is 3. The molecule has 148 valence electrons. The fourth-order valence-corrected chi connectivity index (χ4v) is 3.35. The average molecular weight is 409 g/mol. The van der Waals surface area contributed by atoms with Crippen molar-refractivity contribution in [1.29, 1.82) is 0 Å². The lowest BCUT2D eigenvalue weighted by atomic mass is 9.76. The number of halogens is 3. The third-order valence-corrected chi connectivity index (χ3v) is 4.86. The van der Waals surface area contributed by atoms with Gasteiger partial charge in [-0.3, -0.25) is 0 Å². The molecule has 1 aliphatic carbocycles. The number of carbonyl (C=O) groups is 1. The minimum absolute atomic E-state index is 0.154. The smallest absolute Gasteiger partial charge is 0.313 e. The first-order valence-electron chi connectivity index (χ1n) is 8.45. The van der Waals surface area contributed by atoms with Crippen molar-refractivity contribution in [3.63, 3.8) is 0 Å². The lowest BCUT2D eigenvalue weighted by Gasteiger charge is -2.30. The first kappa shape index (κ1) is 20.3. The number of hydrogen-bond donors (Lipinski definition) is 0. The summed E-state index contributed by atoms with van der Waals surface area (Å²) in [6.45, 7) is 4.09. The Kier molecular flexibility index (Phi) is 5.47. The first-order valence-corrected chi connectivity index (χ1v) is 9.67. The fourth-order valence-electron chi connectivity index (χ4n) is 2.99. The van der Waals surface area contributed by atoms with E-state index in [1.807, 2.05) is 20.1 Å². The van der Waals surface area contributed by atoms with E-state index in [0.717, 1.165) is 30.3 Å². The van der Waals surface area contributed by atoms with E-state index in [4.69, 9.17) is 4.84 Å². The van der Waals surface area contributed by atoms with Gasteiger partial charge in [0, 0.05) is 11.8 Å². The molecule has 3 rings (SSSR count). The Morgan fingerprint density at radius 2 is 2.04 bits per heavy atom. The second-order valence-corrected chi connectivity index (χ2v) is 8.00. The largest absolute Gasteiger partial charge is 0.416 e. The Balaban J connectivity index is 1.87. The summed E-state index contributed by atoms with van der Waals surface area (Å²) in [5.74, 6) is -0.954. The number of carbonyl (C=O) groups excluding carboxylic acids is 1. The van der Waals surface area contributed by atoms with Crippen LogP contribution >= 0.6 is 11.8 Å². The van der Waals surface area contributed by atoms with Gasteiger partial charge in [-0.05, 0) is 42.7 Å². The lowest BCUT2D eigenvalue weighted by Crippen LogP contribution is -2.29. The Morgan fingerprint density at radius 1 is 1.29 bits per heavy atom. The van der Waals surface area contributed by atoms with E-state index in [9.17, 15) is 18.0 Å². The molecular weight excluding hydrogens is 391 g/mol. The van der Waals surface area contributed by atoms with Gasteiger partial charge in [-0.25, -0.2) is 14.8 Å². The Labute approximate surface area is 164 Å². The van der Waals surface area contributed by atoms with E-state index in [2.05, 4.69) is 15.1 Å². The number of thioether (sulfide) groups is 1. The van der Waals surface area contributed by atoms with Crippen LogP contribution in [0.5, 0.6) is 0 Å². The van der Waals surface area contributed by atoms with Gasteiger partial charge in [0.05, 0.1) is 22.5 Å². The van der Waals surface area contributed by atoms with Crippen molar-refractivity contribution in [2.75, 3.05) is 6.26 Å². The third-order valence-electron chi connectivity index (χ3n) is 4.30. The second kappa shape index (κ2) is 7.54. The van der Waals surface area contributed by atoms with E-state index >= 15 is 0 Å². The van der Waals surface area contributed by atoms with E-state index < -0.39 is 17.7 Å². The van der Waals surface area contributed by atoms with Crippen LogP contribution in [0.25, 0.3) is 0 Å². The highest BCUT2D eigenvalue weighted by Crippen LogP contribution is 2.35. The minimum atomic E-state index is -4.54. The molecule has 0 radical (unpaired) electrons. The quantitative estimate of drug-likeness (QED) is 0.317. The van der Waals surface area contributed by atoms with E-state index in [0.29, 0.717) is 22.9 Å². The highest BCUT2D eigenvalue weighted by molar-refractivity contribution is 7.98. The van der Waals surface area contributed by atoms with Crippen LogP contribution in [0.1, 0.15) is 47.4 Å². The molecule has 1 heterocycles. The van der Waals surface area contributed by atoms with Crippen LogP contribution in [-0.4, -0.2) is 27.9 Å². The summed E-state index contributed by atoms with van der Waals surface area (Å²) in [7, 11) is 0. The summed E-state index contributed by atoms with van der Waals surface area (Å²) < 4.78 is 38.5. The maximum absolute atomic E-state index is 12.8. The molecule has 0 N–H and O–H groups in total. The zero-order chi connectivity index (χ0) is 20.5. The molecule has 0 spiro atoms. The first-order chi connectivity index (χ1) is 13.1. The van der Waals surface area contributed by atoms with E-state index in [-0.39, 0.29) is 11.0 Å². The highest BCUT2D eigenvalue weighted by atomic mass is 32.2. The maximum atomic E-state index is 12.8. The van der Waals surface area contributed by atoms with Gasteiger partial charge in [-0.2, -0.15) is 13.2 Å². The van der Waals surface area contributed by atoms with Crippen molar-refractivity contribution >= 4 is 23.4 Å². The summed E-state index contributed by atoms with van der Waals surface area (Å²) in [4.78, 5) is 25.9. The topological polar surface area (TPSA) is 64.4 Å². The SMILES string of the molecule is CSc1ncc2c(n1)CC(C)(C)C/C2=N\OC(=O)c1cccc(C(F)(F)F)c1. The predicted octanol–water partition coefficient (Wildman–Crippen LogP) is 4.75. The van der Waals surface area contributed by atoms with Crippen molar-refractivity contribution in [3.05, 3.63) is 52.8 Å². The molecule has 1 aliphatic rings. The number of nitrogens with zero attached hydrogens (tertiary/aromatic N) is 3. The molecule has 0 atom stereocenters. The molecule has 2 aromatic rings. The molecule has 0 unspecified atom stereocenters. The van der Waals surface area contributed by atoms with Crippen molar-refractivity contribution in [1.82, 2.24) is 9.97 Å². The van der Waals surface area contributed by atoms with Gasteiger partial charge in [0.1, 0.15) is 0 Å². The lowest BCUT2D eigenvalue weighted by molar-refractivity contribution is -0.137. The number of benzene rings is 1. The van der Waals surface area contributed by atoms with Gasteiger partial charge in [-0.1, -0.05) is 36.8 Å². The summed E-state index contributed by atoms with van der Waals surface area (Å²) >= 11 is 1.42. The molecule has 9 heteroatoms. The summed E-state index contributed by atoms with van der Waals surface area (Å²) in [6, 6.07) is 4.05. The minimum Gasteiger partial charge on any atom is -0.313 e. The average Bonchev–Trinajstić information content (AvgIpc) is 2.63. The molecule has 0 fully saturated rings. The van der Waals surface area contributed by atoms with Crippen LogP contribution in [0.2, 0.25) is 0 Å². The van der Waals surface area contributed by atoms with Crippen LogP contribution in [-0.2, 0) is 17.4 Å². The van der Waals surface area contributed by atoms with Crippen molar-refractivity contribution in [2.24, 2.45) is 10.6 Å². The number of fused-ring (bicyclic) bond motifs is 1. The zero-order valence-electron chi connectivity index (χ0n) is 15.5. The summed E-state index contributed by atoms with van der Waals surface area (Å²) in [5.41, 5.74) is 0.705. The monoisotopic (exact) mass is 409 g/mol. The molecule has 0 saturated heterocycles. The number of rotatable bonds is 3. The molecule has 0 bridgehead atoms. The standard InChI is InChI=1S/C19H18F3N3O2S/c1-18(2)8-14-13(10-23-17(24-14)28-3)15(9-18)25-27-16(26)11-5-4-6-12(7-11)19(20,21)22/h4-7,10H,8-9H2,1-3H3/b25-15+. The Morgan fingerprint density at radius 3 is 2.71 bits per heavy atom. The number of oxime groups is 1. The maximum Gasteiger partial charge on any atom is 0.416 e. The normalized spacial score (nSPS) is 17.3. The van der Waals surface area contributed by atoms with Crippen LogP contribution in [0, 0.1) is 5.41 Å². The van der Waals surface area contributed by atoms with Gasteiger partial charge in [0.15, 0.2) is 5.16 Å². The van der Waals surface area contributed by atoms with Crippen molar-refractivity contribution in [3.8, 4) is 0 Å². The van der Waals surface area contributed by atoms with E-state index in [1.165, 1.54) is 17.8 Å². The van der Waals surface area contributed by atoms with Crippen molar-refractivity contribution in [2.45, 2.75) is 38.0 Å². The van der Waals surface area contributed by atoms with Gasteiger partial charge < -0.3 is 4.84 Å².